The molecule has 2 fully saturated rings. The molecule has 0 spiro atoms. The summed E-state index contributed by atoms with van der Waals surface area (Å²) in [5.41, 5.74) is 3.98. The van der Waals surface area contributed by atoms with E-state index in [1.54, 1.807) is 17.0 Å². The lowest BCUT2D eigenvalue weighted by atomic mass is 9.88. The predicted molar refractivity (Wildman–Crippen MR) is 184 cm³/mol. The van der Waals surface area contributed by atoms with Gasteiger partial charge < -0.3 is 4.90 Å². The zero-order chi connectivity index (χ0) is 33.8. The van der Waals surface area contributed by atoms with Crippen molar-refractivity contribution < 1.29 is 18.0 Å². The quantitative estimate of drug-likeness (QED) is 0.138. The number of hydrogen-bond donors (Lipinski definition) is 1. The summed E-state index contributed by atoms with van der Waals surface area (Å²) in [7, 11) is 0. The van der Waals surface area contributed by atoms with Crippen molar-refractivity contribution in [3.8, 4) is 11.8 Å². The highest BCUT2D eigenvalue weighted by Crippen LogP contribution is 2.34. The van der Waals surface area contributed by atoms with E-state index in [9.17, 15) is 18.0 Å². The van der Waals surface area contributed by atoms with Crippen molar-refractivity contribution in [3.05, 3.63) is 106 Å². The van der Waals surface area contributed by atoms with Gasteiger partial charge in [0.15, 0.2) is 0 Å². The number of carbonyl (C=O) groups is 1. The number of aromatic nitrogens is 2. The van der Waals surface area contributed by atoms with Gasteiger partial charge in [0.25, 0.3) is 11.8 Å². The second-order valence-electron chi connectivity index (χ2n) is 13.1. The van der Waals surface area contributed by atoms with E-state index in [0.29, 0.717) is 61.4 Å². The fourth-order valence-corrected chi connectivity index (χ4v) is 6.34. The summed E-state index contributed by atoms with van der Waals surface area (Å²) >= 11 is 0. The van der Waals surface area contributed by atoms with Gasteiger partial charge >= 0.3 is 0 Å². The van der Waals surface area contributed by atoms with E-state index in [1.807, 2.05) is 31.2 Å². The first kappa shape index (κ1) is 33.4. The molecule has 1 aliphatic heterocycles. The number of nitrogens with zero attached hydrogens (tertiary/aromatic N) is 3. The molecular weight excluding hydrogens is 609 g/mol. The average Bonchev–Trinajstić information content (AvgIpc) is 3.95. The zero-order valence-corrected chi connectivity index (χ0v) is 27.5. The molecule has 2 aromatic carbocycles. The maximum Gasteiger partial charge on any atom is 0.273 e. The van der Waals surface area contributed by atoms with Crippen LogP contribution in [0.3, 0.4) is 0 Å². The fourth-order valence-electron chi connectivity index (χ4n) is 6.34. The molecule has 1 amide bonds. The molecule has 1 saturated carbocycles. The van der Waals surface area contributed by atoms with E-state index in [4.69, 9.17) is 10.4 Å². The van der Waals surface area contributed by atoms with Gasteiger partial charge in [-0.3, -0.25) is 20.2 Å². The lowest BCUT2D eigenvalue weighted by Crippen LogP contribution is -2.38. The number of carbonyl (C=O) groups excluding carboxylic acids is 1. The number of piperidine rings is 1. The van der Waals surface area contributed by atoms with Crippen LogP contribution in [0.25, 0.3) is 10.9 Å². The Kier molecular flexibility index (Phi) is 9.96. The molecular formula is C40H41F3N4O. The number of amides is 1. The van der Waals surface area contributed by atoms with Crippen LogP contribution >= 0.6 is 0 Å². The Hall–Kier alpha value is -4.51. The molecule has 1 unspecified atom stereocenters. The molecule has 2 aliphatic rings. The van der Waals surface area contributed by atoms with Gasteiger partial charge in [-0.15, -0.1) is 0 Å². The number of pyridine rings is 2. The van der Waals surface area contributed by atoms with Gasteiger partial charge in [0.05, 0.1) is 22.4 Å². The van der Waals surface area contributed by atoms with Gasteiger partial charge in [0.1, 0.15) is 11.9 Å². The standard InChI is InChI=1S/C40H41F3N4O/c1-3-34(41)24-31-21-28-10-5-6-14-35(28)46-37(31)27-17-19-47(20-18-27)39(48)32-22-30(12-7-9-26-15-16-26)38(45-25-32)36(44)29-11-8-13-33(23-29)40(42,43)4-2/h5-6,8,10-11,13-14,21-23,25-27,34,44H,3-4,9,15-20,24H2,1-2H3. The second kappa shape index (κ2) is 14.3. The van der Waals surface area contributed by atoms with Crippen molar-refractivity contribution in [2.24, 2.45) is 5.92 Å². The normalized spacial score (nSPS) is 16.0. The number of likely N-dealkylation sites (tertiary alicyclic amines) is 1. The number of rotatable bonds is 10. The van der Waals surface area contributed by atoms with Crippen molar-refractivity contribution in [3.63, 3.8) is 0 Å². The topological polar surface area (TPSA) is 69.9 Å². The van der Waals surface area contributed by atoms with Gasteiger partial charge in [0, 0.05) is 66.7 Å². The van der Waals surface area contributed by atoms with Crippen LogP contribution in [-0.2, 0) is 12.3 Å². The monoisotopic (exact) mass is 650 g/mol. The van der Waals surface area contributed by atoms with E-state index in [1.165, 1.54) is 31.3 Å². The summed E-state index contributed by atoms with van der Waals surface area (Å²) in [5, 5.41) is 9.90. The number of benzene rings is 2. The number of fused-ring (bicyclic) bond motifs is 1. The Labute approximate surface area is 280 Å². The summed E-state index contributed by atoms with van der Waals surface area (Å²) < 4.78 is 43.5. The Morgan fingerprint density at radius 1 is 1.02 bits per heavy atom. The van der Waals surface area contributed by atoms with E-state index in [-0.39, 0.29) is 35.2 Å². The smallest absolute Gasteiger partial charge is 0.273 e. The van der Waals surface area contributed by atoms with Gasteiger partial charge in [-0.25, -0.2) is 13.2 Å². The SMILES string of the molecule is CCC(F)Cc1cc2ccccc2nc1C1CCN(C(=O)c2cnc(C(=N)c3cccc(C(F)(F)CC)c3)c(C#CCC3CC3)c2)CC1. The summed E-state index contributed by atoms with van der Waals surface area (Å²) in [5.74, 6) is 3.85. The lowest BCUT2D eigenvalue weighted by molar-refractivity contribution is -0.00830. The molecule has 5 nitrogen and oxygen atoms in total. The summed E-state index contributed by atoms with van der Waals surface area (Å²) in [4.78, 5) is 25.1. The third-order valence-corrected chi connectivity index (χ3v) is 9.59. The molecule has 0 bridgehead atoms. The van der Waals surface area contributed by atoms with Crippen LogP contribution < -0.4 is 0 Å². The molecule has 6 rings (SSSR count). The highest BCUT2D eigenvalue weighted by atomic mass is 19.3. The number of hydrogen-bond acceptors (Lipinski definition) is 4. The summed E-state index contributed by atoms with van der Waals surface area (Å²) in [6.45, 7) is 4.31. The first-order valence-electron chi connectivity index (χ1n) is 17.0. The Morgan fingerprint density at radius 3 is 2.52 bits per heavy atom. The van der Waals surface area contributed by atoms with Crippen LogP contribution in [0.4, 0.5) is 13.2 Å². The Bertz CT molecular complexity index is 1880. The first-order valence-corrected chi connectivity index (χ1v) is 17.0. The largest absolute Gasteiger partial charge is 0.339 e. The molecule has 8 heteroatoms. The third kappa shape index (κ3) is 7.46. The van der Waals surface area contributed by atoms with Gasteiger partial charge in [-0.1, -0.05) is 62.1 Å². The Morgan fingerprint density at radius 2 is 1.79 bits per heavy atom. The van der Waals surface area contributed by atoms with E-state index in [0.717, 1.165) is 41.4 Å². The predicted octanol–water partition coefficient (Wildman–Crippen LogP) is 9.01. The van der Waals surface area contributed by atoms with Gasteiger partial charge in [-0.2, -0.15) is 0 Å². The van der Waals surface area contributed by atoms with Crippen LogP contribution in [0.5, 0.6) is 0 Å². The van der Waals surface area contributed by atoms with Crippen LogP contribution in [0.2, 0.25) is 0 Å². The molecule has 1 N–H and O–H groups in total. The minimum Gasteiger partial charge on any atom is -0.339 e. The molecule has 1 atom stereocenters. The fraction of sp³-hybridized carbons (Fsp3) is 0.400. The van der Waals surface area contributed by atoms with Crippen molar-refractivity contribution in [1.82, 2.24) is 14.9 Å². The number of para-hydroxylation sites is 1. The van der Waals surface area contributed by atoms with Crippen molar-refractivity contribution in [1.29, 1.82) is 5.41 Å². The highest BCUT2D eigenvalue weighted by Gasteiger charge is 2.31. The minimum atomic E-state index is -3.00. The van der Waals surface area contributed by atoms with Crippen molar-refractivity contribution in [2.45, 2.75) is 83.2 Å². The number of nitrogens with one attached hydrogen (secondary N) is 1. The molecule has 0 radical (unpaired) electrons. The third-order valence-electron chi connectivity index (χ3n) is 9.59. The lowest BCUT2D eigenvalue weighted by Gasteiger charge is -2.33. The summed E-state index contributed by atoms with van der Waals surface area (Å²) in [6, 6.07) is 17.5. The molecule has 248 valence electrons. The van der Waals surface area contributed by atoms with E-state index < -0.39 is 12.1 Å². The first-order chi connectivity index (χ1) is 23.2. The van der Waals surface area contributed by atoms with E-state index >= 15 is 0 Å². The van der Waals surface area contributed by atoms with Crippen LogP contribution in [-0.4, -0.2) is 45.7 Å². The molecule has 48 heavy (non-hydrogen) atoms. The molecule has 1 saturated heterocycles. The van der Waals surface area contributed by atoms with Crippen molar-refractivity contribution in [2.75, 3.05) is 13.1 Å². The van der Waals surface area contributed by atoms with Crippen LogP contribution in [0.1, 0.15) is 109 Å². The summed E-state index contributed by atoms with van der Waals surface area (Å²) in [6.07, 6.45) is 5.38. The van der Waals surface area contributed by atoms with Gasteiger partial charge in [0.2, 0.25) is 0 Å². The molecule has 3 heterocycles. The van der Waals surface area contributed by atoms with Crippen molar-refractivity contribution >= 4 is 22.5 Å². The maximum absolute atomic E-state index is 14.6. The van der Waals surface area contributed by atoms with Gasteiger partial charge in [-0.05, 0) is 67.9 Å². The Balaban J connectivity index is 1.22. The second-order valence-corrected chi connectivity index (χ2v) is 13.1. The van der Waals surface area contributed by atoms with E-state index in [2.05, 4.69) is 22.9 Å². The highest BCUT2D eigenvalue weighted by molar-refractivity contribution is 6.11. The molecule has 4 aromatic rings. The zero-order valence-electron chi connectivity index (χ0n) is 27.5. The number of alkyl halides is 3. The van der Waals surface area contributed by atoms with Crippen LogP contribution in [0, 0.1) is 23.2 Å². The maximum atomic E-state index is 14.6. The minimum absolute atomic E-state index is 0.0171. The average molecular weight is 651 g/mol. The number of halogens is 3. The molecule has 1 aliphatic carbocycles. The van der Waals surface area contributed by atoms with Crippen LogP contribution in [0.15, 0.2) is 66.9 Å². The molecule has 2 aromatic heterocycles.